The summed E-state index contributed by atoms with van der Waals surface area (Å²) in [6.45, 7) is 0.542. The molecule has 27 heavy (non-hydrogen) atoms. The molecule has 0 spiro atoms. The average molecular weight is 376 g/mol. The van der Waals surface area contributed by atoms with Crippen molar-refractivity contribution in [3.8, 4) is 17.2 Å². The molecule has 0 saturated carbocycles. The molecule has 5 nitrogen and oxygen atoms in total. The quantitative estimate of drug-likeness (QED) is 0.754. The fourth-order valence-electron chi connectivity index (χ4n) is 3.46. The second-order valence-corrected chi connectivity index (χ2v) is 6.04. The number of pyridine rings is 1. The lowest BCUT2D eigenvalue weighted by molar-refractivity contribution is -0.274. The Morgan fingerprint density at radius 3 is 2.56 bits per heavy atom. The van der Waals surface area contributed by atoms with Gasteiger partial charge in [0.2, 0.25) is 0 Å². The predicted molar refractivity (Wildman–Crippen MR) is 95.0 cm³/mol. The lowest BCUT2D eigenvalue weighted by atomic mass is 10.1. The number of rotatable bonds is 3. The Bertz CT molecular complexity index is 1090. The summed E-state index contributed by atoms with van der Waals surface area (Å²) < 4.78 is 49.7. The molecule has 140 valence electrons. The molecule has 1 aliphatic rings. The Balaban J connectivity index is 2.15. The van der Waals surface area contributed by atoms with Gasteiger partial charge >= 0.3 is 6.36 Å². The smallest absolute Gasteiger partial charge is 0.495 e. The first-order valence-electron chi connectivity index (χ1n) is 8.24. The number of aromatic nitrogens is 1. The van der Waals surface area contributed by atoms with E-state index >= 15 is 0 Å². The van der Waals surface area contributed by atoms with Crippen LogP contribution in [0.3, 0.4) is 0 Å². The van der Waals surface area contributed by atoms with E-state index in [1.54, 1.807) is 30.3 Å². The predicted octanol–water partition coefficient (Wildman–Crippen LogP) is 3.87. The SMILES string of the molecule is COc1ccccc1-n1c(=O)c2c(c3cccc(OC(F)(F)F)c31)NCC2. The van der Waals surface area contributed by atoms with Crippen LogP contribution in [0.5, 0.6) is 11.5 Å². The molecular weight excluding hydrogens is 361 g/mol. The van der Waals surface area contributed by atoms with Gasteiger partial charge < -0.3 is 14.8 Å². The third-order valence-corrected chi connectivity index (χ3v) is 4.48. The molecule has 2 heterocycles. The summed E-state index contributed by atoms with van der Waals surface area (Å²) in [7, 11) is 1.44. The van der Waals surface area contributed by atoms with Crippen LogP contribution >= 0.6 is 0 Å². The molecular formula is C19H15F3N2O3. The van der Waals surface area contributed by atoms with Crippen molar-refractivity contribution in [2.24, 2.45) is 0 Å². The van der Waals surface area contributed by atoms with E-state index in [1.807, 2.05) is 0 Å². The third kappa shape index (κ3) is 2.87. The highest BCUT2D eigenvalue weighted by molar-refractivity contribution is 5.98. The molecule has 0 fully saturated rings. The third-order valence-electron chi connectivity index (χ3n) is 4.48. The van der Waals surface area contributed by atoms with E-state index in [0.717, 1.165) is 0 Å². The number of halogens is 3. The zero-order valence-electron chi connectivity index (χ0n) is 14.3. The Hall–Kier alpha value is -3.16. The number of fused-ring (bicyclic) bond motifs is 3. The minimum absolute atomic E-state index is 0.0393. The average Bonchev–Trinajstić information content (AvgIpc) is 3.12. The molecule has 0 saturated heterocycles. The van der Waals surface area contributed by atoms with Gasteiger partial charge in [0, 0.05) is 17.5 Å². The first-order valence-corrected chi connectivity index (χ1v) is 8.24. The number of para-hydroxylation sites is 3. The molecule has 1 N–H and O–H groups in total. The summed E-state index contributed by atoms with van der Waals surface area (Å²) in [5, 5.41) is 3.58. The van der Waals surface area contributed by atoms with Crippen molar-refractivity contribution in [2.75, 3.05) is 19.0 Å². The van der Waals surface area contributed by atoms with Crippen LogP contribution in [-0.4, -0.2) is 24.6 Å². The Morgan fingerprint density at radius 1 is 1.07 bits per heavy atom. The number of anilines is 1. The van der Waals surface area contributed by atoms with Crippen LogP contribution in [0.2, 0.25) is 0 Å². The Morgan fingerprint density at radius 2 is 1.81 bits per heavy atom. The van der Waals surface area contributed by atoms with Crippen molar-refractivity contribution in [1.29, 1.82) is 0 Å². The first-order chi connectivity index (χ1) is 12.9. The largest absolute Gasteiger partial charge is 0.573 e. The normalized spacial score (nSPS) is 13.3. The summed E-state index contributed by atoms with van der Waals surface area (Å²) in [4.78, 5) is 13.2. The Kier molecular flexibility index (Phi) is 3.98. The van der Waals surface area contributed by atoms with Crippen molar-refractivity contribution in [3.63, 3.8) is 0 Å². The maximum atomic E-state index is 13.2. The van der Waals surface area contributed by atoms with Crippen LogP contribution in [0.1, 0.15) is 5.56 Å². The van der Waals surface area contributed by atoms with Crippen LogP contribution in [0.4, 0.5) is 18.9 Å². The molecule has 0 amide bonds. The summed E-state index contributed by atoms with van der Waals surface area (Å²) >= 11 is 0. The molecule has 0 atom stereocenters. The van der Waals surface area contributed by atoms with E-state index in [4.69, 9.17) is 4.74 Å². The first kappa shape index (κ1) is 17.3. The van der Waals surface area contributed by atoms with Crippen LogP contribution in [-0.2, 0) is 6.42 Å². The highest BCUT2D eigenvalue weighted by Crippen LogP contribution is 2.38. The molecule has 2 aromatic carbocycles. The zero-order chi connectivity index (χ0) is 19.2. The van der Waals surface area contributed by atoms with Crippen molar-refractivity contribution < 1.29 is 22.6 Å². The fourth-order valence-corrected chi connectivity index (χ4v) is 3.46. The van der Waals surface area contributed by atoms with Gasteiger partial charge in [-0.15, -0.1) is 13.2 Å². The van der Waals surface area contributed by atoms with Crippen molar-refractivity contribution in [3.05, 3.63) is 58.4 Å². The number of hydrogen-bond donors (Lipinski definition) is 1. The molecule has 3 aromatic rings. The van der Waals surface area contributed by atoms with E-state index in [2.05, 4.69) is 10.1 Å². The van der Waals surface area contributed by atoms with Gasteiger partial charge in [0.25, 0.3) is 5.56 Å². The molecule has 1 aromatic heterocycles. The lowest BCUT2D eigenvalue weighted by Crippen LogP contribution is -2.24. The fraction of sp³-hybridized carbons (Fsp3) is 0.211. The van der Waals surface area contributed by atoms with E-state index in [-0.39, 0.29) is 5.52 Å². The second-order valence-electron chi connectivity index (χ2n) is 6.04. The Labute approximate surface area is 151 Å². The van der Waals surface area contributed by atoms with Gasteiger partial charge in [0.15, 0.2) is 5.75 Å². The van der Waals surface area contributed by atoms with E-state index in [1.165, 1.54) is 23.8 Å². The van der Waals surface area contributed by atoms with Crippen molar-refractivity contribution in [2.45, 2.75) is 12.8 Å². The van der Waals surface area contributed by atoms with Crippen LogP contribution in [0.25, 0.3) is 16.6 Å². The van der Waals surface area contributed by atoms with E-state index in [0.29, 0.717) is 41.0 Å². The minimum Gasteiger partial charge on any atom is -0.495 e. The summed E-state index contributed by atoms with van der Waals surface area (Å²) in [6, 6.07) is 11.0. The molecule has 8 heteroatoms. The number of nitrogens with one attached hydrogen (secondary N) is 1. The van der Waals surface area contributed by atoms with Gasteiger partial charge in [-0.05, 0) is 24.6 Å². The van der Waals surface area contributed by atoms with Crippen LogP contribution in [0, 0.1) is 0 Å². The van der Waals surface area contributed by atoms with Gasteiger partial charge in [0.1, 0.15) is 11.3 Å². The standard InChI is InChI=1S/C19H15F3N2O3/c1-26-14-7-3-2-6-13(14)24-17-11(16-12(18(24)25)9-10-23-16)5-4-8-15(17)27-19(20,21)22/h2-8,23H,9-10H2,1H3. The van der Waals surface area contributed by atoms with Gasteiger partial charge in [-0.25, -0.2) is 0 Å². The zero-order valence-corrected chi connectivity index (χ0v) is 14.3. The lowest BCUT2D eigenvalue weighted by Gasteiger charge is -2.19. The number of methoxy groups -OCH3 is 1. The van der Waals surface area contributed by atoms with Crippen molar-refractivity contribution >= 4 is 16.6 Å². The maximum Gasteiger partial charge on any atom is 0.573 e. The highest BCUT2D eigenvalue weighted by atomic mass is 19.4. The van der Waals surface area contributed by atoms with E-state index < -0.39 is 17.7 Å². The highest BCUT2D eigenvalue weighted by Gasteiger charge is 2.33. The van der Waals surface area contributed by atoms with Crippen molar-refractivity contribution in [1.82, 2.24) is 4.57 Å². The monoisotopic (exact) mass is 376 g/mol. The molecule has 0 radical (unpaired) electrons. The van der Waals surface area contributed by atoms with Crippen LogP contribution < -0.4 is 20.3 Å². The topological polar surface area (TPSA) is 52.5 Å². The van der Waals surface area contributed by atoms with Gasteiger partial charge in [-0.1, -0.05) is 24.3 Å². The number of ether oxygens (including phenoxy) is 2. The van der Waals surface area contributed by atoms with Gasteiger partial charge in [-0.2, -0.15) is 0 Å². The molecule has 1 aliphatic heterocycles. The van der Waals surface area contributed by atoms with Gasteiger partial charge in [0.05, 0.1) is 18.5 Å². The second kappa shape index (κ2) is 6.22. The summed E-state index contributed by atoms with van der Waals surface area (Å²) in [5.41, 5.74) is 1.07. The summed E-state index contributed by atoms with van der Waals surface area (Å²) in [6.07, 6.45) is -4.40. The molecule has 0 unspecified atom stereocenters. The number of hydrogen-bond acceptors (Lipinski definition) is 4. The number of benzene rings is 2. The molecule has 0 bridgehead atoms. The van der Waals surface area contributed by atoms with Gasteiger partial charge in [-0.3, -0.25) is 9.36 Å². The van der Waals surface area contributed by atoms with E-state index in [9.17, 15) is 18.0 Å². The molecule has 4 rings (SSSR count). The summed E-state index contributed by atoms with van der Waals surface area (Å²) in [5.74, 6) is -0.0758. The maximum absolute atomic E-state index is 13.2. The number of alkyl halides is 3. The van der Waals surface area contributed by atoms with Crippen LogP contribution in [0.15, 0.2) is 47.3 Å². The minimum atomic E-state index is -4.89. The molecule has 0 aliphatic carbocycles. The number of nitrogens with zero attached hydrogens (tertiary/aromatic N) is 1.